The van der Waals surface area contributed by atoms with Gasteiger partial charge in [-0.3, -0.25) is 0 Å². The summed E-state index contributed by atoms with van der Waals surface area (Å²) < 4.78 is 20.0. The summed E-state index contributed by atoms with van der Waals surface area (Å²) in [6, 6.07) is 8.36. The maximum absolute atomic E-state index is 14.1. The van der Waals surface area contributed by atoms with Crippen molar-refractivity contribution in [2.24, 2.45) is 0 Å². The van der Waals surface area contributed by atoms with E-state index in [9.17, 15) is 4.39 Å². The molecule has 3 rings (SSSR count). The lowest BCUT2D eigenvalue weighted by atomic mass is 10.1. The highest BCUT2D eigenvalue weighted by Gasteiger charge is 2.28. The molecule has 1 aromatic heterocycles. The third-order valence-corrected chi connectivity index (χ3v) is 4.69. The molecular weight excluding hydrogens is 359 g/mol. The Kier molecular flexibility index (Phi) is 6.07. The van der Waals surface area contributed by atoms with E-state index in [0.717, 1.165) is 12.4 Å². The summed E-state index contributed by atoms with van der Waals surface area (Å²) in [6.45, 7) is 4.23. The van der Waals surface area contributed by atoms with Crippen LogP contribution in [-0.2, 0) is 4.74 Å². The van der Waals surface area contributed by atoms with Crippen molar-refractivity contribution in [3.05, 3.63) is 35.6 Å². The van der Waals surface area contributed by atoms with Crippen LogP contribution in [0.5, 0.6) is 0 Å². The van der Waals surface area contributed by atoms with Crippen molar-refractivity contribution in [3.8, 4) is 17.3 Å². The number of likely N-dealkylation sites (N-methyl/N-ethyl adjacent to an activating group) is 1. The lowest BCUT2D eigenvalue weighted by molar-refractivity contribution is 0.00851. The average molecular weight is 384 g/mol. The van der Waals surface area contributed by atoms with Gasteiger partial charge < -0.3 is 19.9 Å². The molecule has 0 radical (unpaired) electrons. The summed E-state index contributed by atoms with van der Waals surface area (Å²) in [7, 11) is 5.79. The first-order valence-electron chi connectivity index (χ1n) is 9.21. The minimum Gasteiger partial charge on any atom is -0.373 e. The summed E-state index contributed by atoms with van der Waals surface area (Å²) in [4.78, 5) is 13.4. The van der Waals surface area contributed by atoms with Crippen molar-refractivity contribution in [3.63, 3.8) is 0 Å². The van der Waals surface area contributed by atoms with Gasteiger partial charge in [0, 0.05) is 31.8 Å². The Balaban J connectivity index is 1.96. The average Bonchev–Trinajstić information content (AvgIpc) is 2.68. The van der Waals surface area contributed by atoms with E-state index < -0.39 is 5.82 Å². The highest BCUT2D eigenvalue weighted by Crippen LogP contribution is 2.27. The van der Waals surface area contributed by atoms with Crippen molar-refractivity contribution < 1.29 is 9.13 Å². The van der Waals surface area contributed by atoms with Crippen LogP contribution >= 0.6 is 0 Å². The van der Waals surface area contributed by atoms with Gasteiger partial charge in [0.05, 0.1) is 30.0 Å². The van der Waals surface area contributed by atoms with Gasteiger partial charge in [-0.1, -0.05) is 6.07 Å². The van der Waals surface area contributed by atoms with Crippen LogP contribution in [0.3, 0.4) is 0 Å². The SMILES string of the molecule is CNc1nc(-c2ccc(C#N)c(F)c2)cc(N2CC(CN(C)C)OCC2C)n1. The Labute approximate surface area is 164 Å². The minimum absolute atomic E-state index is 0.0141. The number of ether oxygens (including phenoxy) is 1. The van der Waals surface area contributed by atoms with Crippen LogP contribution in [0.4, 0.5) is 16.2 Å². The van der Waals surface area contributed by atoms with Crippen LogP contribution in [0.15, 0.2) is 24.3 Å². The van der Waals surface area contributed by atoms with Crippen LogP contribution in [0.1, 0.15) is 12.5 Å². The van der Waals surface area contributed by atoms with Gasteiger partial charge in [-0.15, -0.1) is 0 Å². The predicted molar refractivity (Wildman–Crippen MR) is 107 cm³/mol. The van der Waals surface area contributed by atoms with Gasteiger partial charge in [0.1, 0.15) is 17.7 Å². The third-order valence-electron chi connectivity index (χ3n) is 4.69. The molecule has 1 aliphatic rings. The van der Waals surface area contributed by atoms with E-state index in [1.807, 2.05) is 26.2 Å². The van der Waals surface area contributed by atoms with E-state index >= 15 is 0 Å². The molecule has 1 saturated heterocycles. The van der Waals surface area contributed by atoms with Gasteiger partial charge in [-0.2, -0.15) is 10.2 Å². The fourth-order valence-electron chi connectivity index (χ4n) is 3.26. The molecule has 0 aliphatic carbocycles. The van der Waals surface area contributed by atoms with Crippen LogP contribution < -0.4 is 10.2 Å². The summed E-state index contributed by atoms with van der Waals surface area (Å²) >= 11 is 0. The van der Waals surface area contributed by atoms with E-state index in [-0.39, 0.29) is 17.7 Å². The van der Waals surface area contributed by atoms with Crippen LogP contribution in [0, 0.1) is 17.1 Å². The van der Waals surface area contributed by atoms with Gasteiger partial charge in [0.2, 0.25) is 5.95 Å². The van der Waals surface area contributed by atoms with Crippen molar-refractivity contribution in [1.29, 1.82) is 5.26 Å². The number of hydrogen-bond acceptors (Lipinski definition) is 7. The summed E-state index contributed by atoms with van der Waals surface area (Å²) in [5.74, 6) is 0.663. The molecule has 2 unspecified atom stereocenters. The zero-order valence-corrected chi connectivity index (χ0v) is 16.6. The molecule has 1 aliphatic heterocycles. The van der Waals surface area contributed by atoms with E-state index in [1.54, 1.807) is 13.1 Å². The molecule has 0 bridgehead atoms. The fourth-order valence-corrected chi connectivity index (χ4v) is 3.26. The Morgan fingerprint density at radius 3 is 2.79 bits per heavy atom. The normalized spacial score (nSPS) is 19.5. The molecule has 8 heteroatoms. The molecule has 2 heterocycles. The number of nitrogens with one attached hydrogen (secondary N) is 1. The number of nitrogens with zero attached hydrogens (tertiary/aromatic N) is 5. The van der Waals surface area contributed by atoms with E-state index in [4.69, 9.17) is 10.00 Å². The van der Waals surface area contributed by atoms with Crippen molar-refractivity contribution >= 4 is 11.8 Å². The number of hydrogen-bond donors (Lipinski definition) is 1. The van der Waals surface area contributed by atoms with Crippen LogP contribution in [0.25, 0.3) is 11.3 Å². The number of halogens is 1. The first kappa shape index (κ1) is 20.0. The molecule has 148 valence electrons. The smallest absolute Gasteiger partial charge is 0.224 e. The monoisotopic (exact) mass is 384 g/mol. The second-order valence-corrected chi connectivity index (χ2v) is 7.21. The summed E-state index contributed by atoms with van der Waals surface area (Å²) in [5, 5.41) is 11.9. The fraction of sp³-hybridized carbons (Fsp3) is 0.450. The highest BCUT2D eigenvalue weighted by molar-refractivity contribution is 5.66. The van der Waals surface area contributed by atoms with E-state index in [2.05, 4.69) is 32.0 Å². The Bertz CT molecular complexity index is 881. The molecule has 0 amide bonds. The van der Waals surface area contributed by atoms with Crippen molar-refractivity contribution in [2.75, 3.05) is 51.1 Å². The van der Waals surface area contributed by atoms with E-state index in [0.29, 0.717) is 30.4 Å². The predicted octanol–water partition coefficient (Wildman–Crippen LogP) is 2.35. The molecule has 0 spiro atoms. The minimum atomic E-state index is -0.558. The Hall–Kier alpha value is -2.76. The lowest BCUT2D eigenvalue weighted by Gasteiger charge is -2.39. The molecule has 28 heavy (non-hydrogen) atoms. The maximum Gasteiger partial charge on any atom is 0.224 e. The summed E-state index contributed by atoms with van der Waals surface area (Å²) in [6.07, 6.45) is 0.0787. The van der Waals surface area contributed by atoms with Crippen LogP contribution in [-0.4, -0.2) is 67.9 Å². The van der Waals surface area contributed by atoms with Gasteiger partial charge in [-0.05, 0) is 33.2 Å². The largest absolute Gasteiger partial charge is 0.373 e. The van der Waals surface area contributed by atoms with Gasteiger partial charge >= 0.3 is 0 Å². The number of morpholine rings is 1. The van der Waals surface area contributed by atoms with Gasteiger partial charge in [0.25, 0.3) is 0 Å². The zero-order valence-electron chi connectivity index (χ0n) is 16.6. The molecular formula is C20H25FN6O. The van der Waals surface area contributed by atoms with Crippen LogP contribution in [0.2, 0.25) is 0 Å². The van der Waals surface area contributed by atoms with E-state index in [1.165, 1.54) is 12.1 Å². The number of benzene rings is 1. The molecule has 1 aromatic carbocycles. The molecule has 1 fully saturated rings. The van der Waals surface area contributed by atoms with Crippen molar-refractivity contribution in [2.45, 2.75) is 19.1 Å². The van der Waals surface area contributed by atoms with Gasteiger partial charge in [0.15, 0.2) is 0 Å². The zero-order chi connectivity index (χ0) is 20.3. The Morgan fingerprint density at radius 2 is 2.14 bits per heavy atom. The number of anilines is 2. The molecule has 2 aromatic rings. The number of aromatic nitrogens is 2. The molecule has 1 N–H and O–H groups in total. The topological polar surface area (TPSA) is 77.3 Å². The highest BCUT2D eigenvalue weighted by atomic mass is 19.1. The quantitative estimate of drug-likeness (QED) is 0.848. The second-order valence-electron chi connectivity index (χ2n) is 7.21. The first-order valence-corrected chi connectivity index (χ1v) is 9.21. The third kappa shape index (κ3) is 4.38. The standard InChI is InChI=1S/C20H25FN6O/c1-13-12-28-16(10-26(3)4)11-27(13)19-8-18(24-20(23-2)25-19)14-5-6-15(9-22)17(21)7-14/h5-8,13,16H,10-12H2,1-4H3,(H,23,24,25). The lowest BCUT2D eigenvalue weighted by Crippen LogP contribution is -2.51. The summed E-state index contributed by atoms with van der Waals surface area (Å²) in [5.41, 5.74) is 1.21. The Morgan fingerprint density at radius 1 is 1.36 bits per heavy atom. The maximum atomic E-state index is 14.1. The molecule has 2 atom stereocenters. The first-order chi connectivity index (χ1) is 13.4. The number of rotatable bonds is 5. The van der Waals surface area contributed by atoms with Gasteiger partial charge in [-0.25, -0.2) is 9.37 Å². The second kappa shape index (κ2) is 8.50. The van der Waals surface area contributed by atoms with Crippen molar-refractivity contribution in [1.82, 2.24) is 14.9 Å². The number of nitriles is 1. The molecule has 0 saturated carbocycles. The molecule has 7 nitrogen and oxygen atoms in total.